The Labute approximate surface area is 137 Å². The quantitative estimate of drug-likeness (QED) is 0.800. The Morgan fingerprint density at radius 3 is 2.62 bits per heavy atom. The van der Waals surface area contributed by atoms with Crippen LogP contribution >= 0.6 is 0 Å². The second kappa shape index (κ2) is 6.82. The summed E-state index contributed by atoms with van der Waals surface area (Å²) < 4.78 is 12.9. The van der Waals surface area contributed by atoms with Crippen LogP contribution in [0, 0.1) is 5.82 Å². The standard InChI is InChI=1S/C17H18FN3O3/c18-12-7-5-10(6-8-12)9-19-16(23)13-14(22)17(24)21-15(20-13)11-3-1-2-4-11/h5-8,11,22H,1-4,9H2,(H,19,23)(H,20,21,24). The van der Waals surface area contributed by atoms with E-state index in [4.69, 9.17) is 0 Å². The number of aromatic hydroxyl groups is 1. The fourth-order valence-corrected chi connectivity index (χ4v) is 2.90. The molecule has 0 atom stereocenters. The first-order chi connectivity index (χ1) is 11.5. The van der Waals surface area contributed by atoms with Crippen molar-refractivity contribution in [3.8, 4) is 5.75 Å². The van der Waals surface area contributed by atoms with Crippen LogP contribution in [-0.4, -0.2) is 21.0 Å². The molecule has 1 heterocycles. The first-order valence-corrected chi connectivity index (χ1v) is 7.90. The second-order valence-electron chi connectivity index (χ2n) is 5.94. The minimum atomic E-state index is -0.709. The maximum Gasteiger partial charge on any atom is 0.293 e. The van der Waals surface area contributed by atoms with E-state index in [2.05, 4.69) is 15.3 Å². The molecule has 1 aliphatic carbocycles. The summed E-state index contributed by atoms with van der Waals surface area (Å²) in [7, 11) is 0. The summed E-state index contributed by atoms with van der Waals surface area (Å²) >= 11 is 0. The normalized spacial score (nSPS) is 14.7. The van der Waals surface area contributed by atoms with Crippen LogP contribution in [0.1, 0.15) is 53.5 Å². The molecule has 0 bridgehead atoms. The second-order valence-corrected chi connectivity index (χ2v) is 5.94. The van der Waals surface area contributed by atoms with Crippen LogP contribution in [0.5, 0.6) is 5.75 Å². The topological polar surface area (TPSA) is 95.1 Å². The van der Waals surface area contributed by atoms with Crippen LogP contribution in [0.2, 0.25) is 0 Å². The van der Waals surface area contributed by atoms with Gasteiger partial charge in [0.25, 0.3) is 11.5 Å². The molecule has 3 N–H and O–H groups in total. The van der Waals surface area contributed by atoms with Gasteiger partial charge in [0, 0.05) is 12.5 Å². The van der Waals surface area contributed by atoms with E-state index in [9.17, 15) is 19.1 Å². The zero-order chi connectivity index (χ0) is 17.1. The third-order valence-corrected chi connectivity index (χ3v) is 4.24. The van der Waals surface area contributed by atoms with Gasteiger partial charge in [-0.1, -0.05) is 25.0 Å². The molecule has 1 saturated carbocycles. The fourth-order valence-electron chi connectivity index (χ4n) is 2.90. The molecule has 3 rings (SSSR count). The SMILES string of the molecule is O=C(NCc1ccc(F)cc1)c1nc(C2CCCC2)[nH]c(=O)c1O. The third kappa shape index (κ3) is 3.45. The number of nitrogens with zero attached hydrogens (tertiary/aromatic N) is 1. The van der Waals surface area contributed by atoms with E-state index in [1.54, 1.807) is 12.1 Å². The lowest BCUT2D eigenvalue weighted by atomic mass is 10.1. The van der Waals surface area contributed by atoms with Gasteiger partial charge in [-0.15, -0.1) is 0 Å². The number of halogens is 1. The average Bonchev–Trinajstić information content (AvgIpc) is 3.11. The van der Waals surface area contributed by atoms with Crippen molar-refractivity contribution in [3.05, 3.63) is 57.5 Å². The lowest BCUT2D eigenvalue weighted by molar-refractivity contribution is 0.0942. The van der Waals surface area contributed by atoms with E-state index < -0.39 is 17.2 Å². The smallest absolute Gasteiger partial charge is 0.293 e. The first-order valence-electron chi connectivity index (χ1n) is 7.90. The summed E-state index contributed by atoms with van der Waals surface area (Å²) in [5, 5.41) is 12.4. The predicted molar refractivity (Wildman–Crippen MR) is 85.3 cm³/mol. The van der Waals surface area contributed by atoms with Gasteiger partial charge >= 0.3 is 0 Å². The Morgan fingerprint density at radius 1 is 1.29 bits per heavy atom. The van der Waals surface area contributed by atoms with Crippen molar-refractivity contribution in [2.24, 2.45) is 0 Å². The van der Waals surface area contributed by atoms with E-state index in [1.165, 1.54) is 12.1 Å². The van der Waals surface area contributed by atoms with Gasteiger partial charge in [-0.2, -0.15) is 0 Å². The van der Waals surface area contributed by atoms with Crippen molar-refractivity contribution in [1.29, 1.82) is 0 Å². The first kappa shape index (κ1) is 16.2. The molecule has 24 heavy (non-hydrogen) atoms. The number of nitrogens with one attached hydrogen (secondary N) is 2. The summed E-state index contributed by atoms with van der Waals surface area (Å²) in [6.07, 6.45) is 3.93. The number of aromatic amines is 1. The van der Waals surface area contributed by atoms with Gasteiger partial charge in [0.2, 0.25) is 5.75 Å². The molecule has 1 amide bonds. The van der Waals surface area contributed by atoms with Crippen LogP contribution in [0.25, 0.3) is 0 Å². The highest BCUT2D eigenvalue weighted by atomic mass is 19.1. The summed E-state index contributed by atoms with van der Waals surface area (Å²) in [5.74, 6) is -1.13. The molecule has 126 valence electrons. The molecule has 0 saturated heterocycles. The van der Waals surface area contributed by atoms with Crippen molar-refractivity contribution < 1.29 is 14.3 Å². The monoisotopic (exact) mass is 331 g/mol. The molecule has 2 aromatic rings. The molecule has 1 aromatic heterocycles. The van der Waals surface area contributed by atoms with Crippen LogP contribution in [0.3, 0.4) is 0 Å². The minimum Gasteiger partial charge on any atom is -0.501 e. The van der Waals surface area contributed by atoms with Crippen LogP contribution in [-0.2, 0) is 6.54 Å². The van der Waals surface area contributed by atoms with Crippen molar-refractivity contribution in [2.75, 3.05) is 0 Å². The molecule has 0 radical (unpaired) electrons. The molecule has 0 aliphatic heterocycles. The molecular formula is C17H18FN3O3. The largest absolute Gasteiger partial charge is 0.501 e. The van der Waals surface area contributed by atoms with E-state index >= 15 is 0 Å². The van der Waals surface area contributed by atoms with Gasteiger partial charge in [-0.05, 0) is 30.5 Å². The van der Waals surface area contributed by atoms with Gasteiger partial charge in [0.1, 0.15) is 11.6 Å². The van der Waals surface area contributed by atoms with Crippen LogP contribution in [0.15, 0.2) is 29.1 Å². The van der Waals surface area contributed by atoms with Gasteiger partial charge in [-0.3, -0.25) is 9.59 Å². The molecule has 7 heteroatoms. The molecule has 1 fully saturated rings. The molecular weight excluding hydrogens is 313 g/mol. The Hall–Kier alpha value is -2.70. The lowest BCUT2D eigenvalue weighted by Crippen LogP contribution is -2.27. The highest BCUT2D eigenvalue weighted by Crippen LogP contribution is 2.32. The Balaban J connectivity index is 1.78. The van der Waals surface area contributed by atoms with Crippen LogP contribution in [0.4, 0.5) is 4.39 Å². The number of H-pyrrole nitrogens is 1. The number of amides is 1. The number of carbonyl (C=O) groups is 1. The lowest BCUT2D eigenvalue weighted by Gasteiger charge is -2.11. The summed E-state index contributed by atoms with van der Waals surface area (Å²) in [6, 6.07) is 5.68. The number of hydrogen-bond donors (Lipinski definition) is 3. The molecule has 0 spiro atoms. The Bertz CT molecular complexity index is 796. The maximum atomic E-state index is 12.9. The third-order valence-electron chi connectivity index (χ3n) is 4.24. The predicted octanol–water partition coefficient (Wildman–Crippen LogP) is 2.20. The van der Waals surface area contributed by atoms with E-state index in [0.29, 0.717) is 11.4 Å². The maximum absolute atomic E-state index is 12.9. The number of benzene rings is 1. The number of hydrogen-bond acceptors (Lipinski definition) is 4. The number of carbonyl (C=O) groups excluding carboxylic acids is 1. The number of aromatic nitrogens is 2. The average molecular weight is 331 g/mol. The molecule has 6 nitrogen and oxygen atoms in total. The van der Waals surface area contributed by atoms with Gasteiger partial charge in [0.15, 0.2) is 5.69 Å². The van der Waals surface area contributed by atoms with E-state index in [1.807, 2.05) is 0 Å². The van der Waals surface area contributed by atoms with Gasteiger partial charge < -0.3 is 15.4 Å². The summed E-state index contributed by atoms with van der Waals surface area (Å²) in [4.78, 5) is 30.8. The van der Waals surface area contributed by atoms with Crippen molar-refractivity contribution >= 4 is 5.91 Å². The summed E-state index contributed by atoms with van der Waals surface area (Å²) in [5.41, 5.74) is -0.285. The molecule has 1 aromatic carbocycles. The Kier molecular flexibility index (Phi) is 4.59. The summed E-state index contributed by atoms with van der Waals surface area (Å²) in [6.45, 7) is 0.145. The molecule has 1 aliphatic rings. The van der Waals surface area contributed by atoms with Crippen LogP contribution < -0.4 is 10.9 Å². The van der Waals surface area contributed by atoms with Crippen molar-refractivity contribution in [1.82, 2.24) is 15.3 Å². The van der Waals surface area contributed by atoms with Crippen molar-refractivity contribution in [2.45, 2.75) is 38.1 Å². The van der Waals surface area contributed by atoms with Gasteiger partial charge in [-0.25, -0.2) is 9.37 Å². The van der Waals surface area contributed by atoms with E-state index in [-0.39, 0.29) is 24.0 Å². The fraction of sp³-hybridized carbons (Fsp3) is 0.353. The van der Waals surface area contributed by atoms with Crippen molar-refractivity contribution in [3.63, 3.8) is 0 Å². The Morgan fingerprint density at radius 2 is 1.96 bits per heavy atom. The molecule has 0 unspecified atom stereocenters. The zero-order valence-electron chi connectivity index (χ0n) is 13.0. The zero-order valence-corrected chi connectivity index (χ0v) is 13.0. The highest BCUT2D eigenvalue weighted by Gasteiger charge is 2.24. The minimum absolute atomic E-state index is 0.113. The van der Waals surface area contributed by atoms with Gasteiger partial charge in [0.05, 0.1) is 0 Å². The highest BCUT2D eigenvalue weighted by molar-refractivity contribution is 5.94. The van der Waals surface area contributed by atoms with E-state index in [0.717, 1.165) is 25.7 Å². The number of rotatable bonds is 4.